The Labute approximate surface area is 75.4 Å². The van der Waals surface area contributed by atoms with Gasteiger partial charge in [0.05, 0.1) is 16.7 Å². The molecule has 0 aliphatic heterocycles. The fourth-order valence-corrected chi connectivity index (χ4v) is 1.19. The van der Waals surface area contributed by atoms with E-state index in [9.17, 15) is 4.39 Å². The van der Waals surface area contributed by atoms with Crippen LogP contribution in [0.15, 0.2) is 24.4 Å². The minimum Gasteiger partial charge on any atom is -0.253 e. The number of benzene rings is 1. The molecule has 2 rings (SSSR count). The van der Waals surface area contributed by atoms with Crippen LogP contribution in [0.25, 0.3) is 11.0 Å². The predicted molar refractivity (Wildman–Crippen MR) is 48.9 cm³/mol. The van der Waals surface area contributed by atoms with E-state index >= 15 is 0 Å². The molecule has 0 saturated carbocycles. The molecule has 1 heterocycles. The summed E-state index contributed by atoms with van der Waals surface area (Å²) in [5, 5.41) is 0. The van der Waals surface area contributed by atoms with Crippen molar-refractivity contribution >= 4 is 11.0 Å². The van der Waals surface area contributed by atoms with E-state index in [4.69, 9.17) is 0 Å². The van der Waals surface area contributed by atoms with Crippen molar-refractivity contribution in [2.24, 2.45) is 0 Å². The van der Waals surface area contributed by atoms with E-state index in [-0.39, 0.29) is 5.82 Å². The van der Waals surface area contributed by atoms with Crippen LogP contribution in [0.5, 0.6) is 0 Å². The molecule has 13 heavy (non-hydrogen) atoms. The van der Waals surface area contributed by atoms with Crippen molar-refractivity contribution in [3.8, 4) is 0 Å². The molecule has 2 aromatic rings. The van der Waals surface area contributed by atoms with Crippen LogP contribution in [0, 0.1) is 5.82 Å². The van der Waals surface area contributed by atoms with Gasteiger partial charge in [-0.15, -0.1) is 0 Å². The quantitative estimate of drug-likeness (QED) is 0.666. The first-order chi connectivity index (χ1) is 6.29. The molecule has 0 radical (unpaired) electrons. The molecule has 0 atom stereocenters. The minimum absolute atomic E-state index is 0.272. The Kier molecular flexibility index (Phi) is 1.93. The van der Waals surface area contributed by atoms with Gasteiger partial charge in [0.2, 0.25) is 0 Å². The van der Waals surface area contributed by atoms with E-state index in [0.29, 0.717) is 5.52 Å². The Morgan fingerprint density at radius 2 is 2.15 bits per heavy atom. The zero-order chi connectivity index (χ0) is 9.26. The summed E-state index contributed by atoms with van der Waals surface area (Å²) in [6, 6.07) is 4.44. The van der Waals surface area contributed by atoms with Crippen molar-refractivity contribution in [3.63, 3.8) is 0 Å². The fourth-order valence-electron chi connectivity index (χ4n) is 1.19. The molecule has 3 heteroatoms. The lowest BCUT2D eigenvalue weighted by atomic mass is 10.2. The topological polar surface area (TPSA) is 25.8 Å². The highest BCUT2D eigenvalue weighted by Crippen LogP contribution is 2.11. The highest BCUT2D eigenvalue weighted by molar-refractivity contribution is 5.73. The number of hydrogen-bond donors (Lipinski definition) is 0. The Balaban J connectivity index is 2.66. The maximum atomic E-state index is 12.8. The number of fused-ring (bicyclic) bond motifs is 1. The van der Waals surface area contributed by atoms with Crippen LogP contribution < -0.4 is 0 Å². The summed E-state index contributed by atoms with van der Waals surface area (Å²) in [6.07, 6.45) is 2.53. The zero-order valence-electron chi connectivity index (χ0n) is 7.29. The Morgan fingerprint density at radius 1 is 1.31 bits per heavy atom. The first-order valence-corrected chi connectivity index (χ1v) is 4.21. The molecule has 2 nitrogen and oxygen atoms in total. The van der Waals surface area contributed by atoms with Gasteiger partial charge in [-0.1, -0.05) is 6.92 Å². The number of halogens is 1. The number of aryl methyl sites for hydroxylation is 1. The van der Waals surface area contributed by atoms with Crippen LogP contribution in [0.1, 0.15) is 12.6 Å². The third kappa shape index (κ3) is 1.49. The molecule has 0 unspecified atom stereocenters. The van der Waals surface area contributed by atoms with Crippen molar-refractivity contribution in [2.75, 3.05) is 0 Å². The van der Waals surface area contributed by atoms with Crippen molar-refractivity contribution in [3.05, 3.63) is 35.9 Å². The highest BCUT2D eigenvalue weighted by Gasteiger charge is 1.99. The van der Waals surface area contributed by atoms with Gasteiger partial charge in [-0.3, -0.25) is 4.98 Å². The van der Waals surface area contributed by atoms with E-state index in [1.54, 1.807) is 12.3 Å². The number of aromatic nitrogens is 2. The second-order valence-corrected chi connectivity index (χ2v) is 2.85. The SMILES string of the molecule is CCc1cnc2cc(F)ccc2n1. The summed E-state index contributed by atoms with van der Waals surface area (Å²) >= 11 is 0. The third-order valence-corrected chi connectivity index (χ3v) is 1.92. The molecule has 0 bridgehead atoms. The van der Waals surface area contributed by atoms with Gasteiger partial charge in [-0.2, -0.15) is 0 Å². The highest BCUT2D eigenvalue weighted by atomic mass is 19.1. The van der Waals surface area contributed by atoms with Gasteiger partial charge in [0.1, 0.15) is 5.82 Å². The van der Waals surface area contributed by atoms with Crippen LogP contribution in [0.2, 0.25) is 0 Å². The standard InChI is InChI=1S/C10H9FN2/c1-2-8-6-12-10-5-7(11)3-4-9(10)13-8/h3-6H,2H2,1H3. The van der Waals surface area contributed by atoms with Crippen LogP contribution in [0.3, 0.4) is 0 Å². The molecular weight excluding hydrogens is 167 g/mol. The van der Waals surface area contributed by atoms with Crippen molar-refractivity contribution < 1.29 is 4.39 Å². The van der Waals surface area contributed by atoms with Crippen molar-refractivity contribution in [2.45, 2.75) is 13.3 Å². The molecule has 0 saturated heterocycles. The normalized spacial score (nSPS) is 10.6. The molecule has 0 aliphatic rings. The molecular formula is C10H9FN2. The second-order valence-electron chi connectivity index (χ2n) is 2.85. The van der Waals surface area contributed by atoms with Crippen LogP contribution in [0.4, 0.5) is 4.39 Å². The van der Waals surface area contributed by atoms with E-state index < -0.39 is 0 Å². The van der Waals surface area contributed by atoms with Crippen molar-refractivity contribution in [1.82, 2.24) is 9.97 Å². The molecule has 66 valence electrons. The van der Waals surface area contributed by atoms with Gasteiger partial charge in [0.15, 0.2) is 0 Å². The molecule has 0 aliphatic carbocycles. The average Bonchev–Trinajstić information content (AvgIpc) is 2.17. The zero-order valence-corrected chi connectivity index (χ0v) is 7.29. The van der Waals surface area contributed by atoms with E-state index in [0.717, 1.165) is 17.6 Å². The van der Waals surface area contributed by atoms with Crippen LogP contribution >= 0.6 is 0 Å². The summed E-state index contributed by atoms with van der Waals surface area (Å²) in [6.45, 7) is 2.01. The van der Waals surface area contributed by atoms with E-state index in [1.807, 2.05) is 6.92 Å². The predicted octanol–water partition coefficient (Wildman–Crippen LogP) is 2.33. The van der Waals surface area contributed by atoms with E-state index in [2.05, 4.69) is 9.97 Å². The molecule has 0 N–H and O–H groups in total. The summed E-state index contributed by atoms with van der Waals surface area (Å²) < 4.78 is 12.8. The Bertz CT molecular complexity index is 440. The van der Waals surface area contributed by atoms with Crippen LogP contribution in [-0.4, -0.2) is 9.97 Å². The molecule has 0 fully saturated rings. The lowest BCUT2D eigenvalue weighted by molar-refractivity contribution is 0.629. The summed E-state index contributed by atoms with van der Waals surface area (Å²) in [4.78, 5) is 8.42. The average molecular weight is 176 g/mol. The first-order valence-electron chi connectivity index (χ1n) is 4.21. The molecule has 0 spiro atoms. The van der Waals surface area contributed by atoms with Gasteiger partial charge in [-0.05, 0) is 18.6 Å². The maximum Gasteiger partial charge on any atom is 0.125 e. The Morgan fingerprint density at radius 3 is 2.92 bits per heavy atom. The van der Waals surface area contributed by atoms with Gasteiger partial charge < -0.3 is 0 Å². The monoisotopic (exact) mass is 176 g/mol. The van der Waals surface area contributed by atoms with Gasteiger partial charge >= 0.3 is 0 Å². The number of nitrogens with zero attached hydrogens (tertiary/aromatic N) is 2. The Hall–Kier alpha value is -1.51. The minimum atomic E-state index is -0.272. The molecule has 1 aromatic carbocycles. The second kappa shape index (κ2) is 3.09. The van der Waals surface area contributed by atoms with Gasteiger partial charge in [0, 0.05) is 12.3 Å². The number of hydrogen-bond acceptors (Lipinski definition) is 2. The third-order valence-electron chi connectivity index (χ3n) is 1.92. The molecule has 1 aromatic heterocycles. The summed E-state index contributed by atoms with van der Waals surface area (Å²) in [5.41, 5.74) is 2.29. The van der Waals surface area contributed by atoms with Crippen LogP contribution in [-0.2, 0) is 6.42 Å². The molecule has 0 amide bonds. The summed E-state index contributed by atoms with van der Waals surface area (Å²) in [5.74, 6) is -0.272. The smallest absolute Gasteiger partial charge is 0.125 e. The lowest BCUT2D eigenvalue weighted by Gasteiger charge is -1.98. The van der Waals surface area contributed by atoms with Gasteiger partial charge in [0.25, 0.3) is 0 Å². The van der Waals surface area contributed by atoms with E-state index in [1.165, 1.54) is 12.1 Å². The van der Waals surface area contributed by atoms with Crippen molar-refractivity contribution in [1.29, 1.82) is 0 Å². The summed E-state index contributed by atoms with van der Waals surface area (Å²) in [7, 11) is 0. The first kappa shape index (κ1) is 8.10. The van der Waals surface area contributed by atoms with Gasteiger partial charge in [-0.25, -0.2) is 9.37 Å². The fraction of sp³-hybridized carbons (Fsp3) is 0.200. The lowest BCUT2D eigenvalue weighted by Crippen LogP contribution is -1.91. The maximum absolute atomic E-state index is 12.8. The largest absolute Gasteiger partial charge is 0.253 e. The number of rotatable bonds is 1.